The average molecular weight is 395 g/mol. The molecule has 4 rings (SSSR count). The van der Waals surface area contributed by atoms with Crippen LogP contribution in [-0.2, 0) is 11.2 Å². The zero-order valence-electron chi connectivity index (χ0n) is 16.5. The van der Waals surface area contributed by atoms with Gasteiger partial charge in [0, 0.05) is 36.8 Å². The molecule has 0 bridgehead atoms. The highest BCUT2D eigenvalue weighted by molar-refractivity contribution is 5.76. The molecule has 1 aliphatic carbocycles. The Morgan fingerprint density at radius 2 is 2.24 bits per heavy atom. The summed E-state index contributed by atoms with van der Waals surface area (Å²) >= 11 is 0. The van der Waals surface area contributed by atoms with Gasteiger partial charge in [0.25, 0.3) is 0 Å². The summed E-state index contributed by atoms with van der Waals surface area (Å²) < 4.78 is 7.39. The van der Waals surface area contributed by atoms with E-state index in [1.165, 1.54) is 12.8 Å². The Kier molecular flexibility index (Phi) is 5.92. The van der Waals surface area contributed by atoms with E-state index in [1.54, 1.807) is 18.7 Å². The number of hydrogen-bond donors (Lipinski definition) is 1. The molecule has 0 unspecified atom stereocenters. The summed E-state index contributed by atoms with van der Waals surface area (Å²) in [5.74, 6) is 1.83. The second kappa shape index (κ2) is 8.93. The zero-order chi connectivity index (χ0) is 20.1. The first-order valence-electron chi connectivity index (χ1n) is 10.1. The Morgan fingerprint density at radius 3 is 3.03 bits per heavy atom. The van der Waals surface area contributed by atoms with Crippen molar-refractivity contribution in [2.75, 3.05) is 0 Å². The molecular weight excluding hydrogens is 370 g/mol. The molecule has 1 saturated carbocycles. The van der Waals surface area contributed by atoms with Crippen LogP contribution in [0.25, 0.3) is 11.4 Å². The predicted octanol–water partition coefficient (Wildman–Crippen LogP) is 3.04. The van der Waals surface area contributed by atoms with Gasteiger partial charge in [0.2, 0.25) is 17.6 Å². The number of hydrogen-bond acceptors (Lipinski definition) is 7. The molecule has 1 aliphatic rings. The van der Waals surface area contributed by atoms with Gasteiger partial charge in [0.1, 0.15) is 6.33 Å². The van der Waals surface area contributed by atoms with Crippen LogP contribution in [-0.4, -0.2) is 35.8 Å². The van der Waals surface area contributed by atoms with Gasteiger partial charge >= 0.3 is 0 Å². The van der Waals surface area contributed by atoms with E-state index in [-0.39, 0.29) is 11.9 Å². The lowest BCUT2D eigenvalue weighted by Crippen LogP contribution is -2.29. The molecule has 1 atom stereocenters. The van der Waals surface area contributed by atoms with Crippen molar-refractivity contribution in [3.05, 3.63) is 42.6 Å². The van der Waals surface area contributed by atoms with E-state index in [2.05, 4.69) is 35.2 Å². The van der Waals surface area contributed by atoms with E-state index in [0.29, 0.717) is 37.0 Å². The van der Waals surface area contributed by atoms with Gasteiger partial charge in [-0.25, -0.2) is 0 Å². The van der Waals surface area contributed by atoms with E-state index in [4.69, 9.17) is 4.52 Å². The SMILES string of the molecule is C[C@@H](NC(=O)CCCc1nc(-c2cccnc2)no1)c1nncn1C1CCCC1. The number of rotatable bonds is 8. The first-order chi connectivity index (χ1) is 14.2. The van der Waals surface area contributed by atoms with Gasteiger partial charge in [-0.2, -0.15) is 4.98 Å². The Hall–Kier alpha value is -3.10. The molecule has 0 aliphatic heterocycles. The maximum absolute atomic E-state index is 12.4. The lowest BCUT2D eigenvalue weighted by atomic mass is 10.2. The van der Waals surface area contributed by atoms with Crippen LogP contribution in [0, 0.1) is 0 Å². The van der Waals surface area contributed by atoms with Crippen molar-refractivity contribution in [2.24, 2.45) is 0 Å². The highest BCUT2D eigenvalue weighted by Crippen LogP contribution is 2.31. The number of amides is 1. The van der Waals surface area contributed by atoms with Crippen molar-refractivity contribution in [3.8, 4) is 11.4 Å². The monoisotopic (exact) mass is 395 g/mol. The molecule has 0 saturated heterocycles. The minimum absolute atomic E-state index is 0.0227. The standard InChI is InChI=1S/C20H25N7O2/c1-14(20-25-22-13-27(20)16-7-2-3-8-16)23-17(28)9-4-10-18-24-19(26-29-18)15-6-5-11-21-12-15/h5-6,11-14,16H,2-4,7-10H2,1H3,(H,23,28)/t14-/m1/s1. The number of nitrogens with one attached hydrogen (secondary N) is 1. The summed E-state index contributed by atoms with van der Waals surface area (Å²) in [5.41, 5.74) is 0.806. The molecule has 0 aromatic carbocycles. The molecule has 3 aromatic heterocycles. The van der Waals surface area contributed by atoms with Crippen LogP contribution >= 0.6 is 0 Å². The lowest BCUT2D eigenvalue weighted by Gasteiger charge is -2.18. The normalized spacial score (nSPS) is 15.5. The largest absolute Gasteiger partial charge is 0.346 e. The fourth-order valence-electron chi connectivity index (χ4n) is 3.77. The van der Waals surface area contributed by atoms with Gasteiger partial charge in [-0.05, 0) is 38.3 Å². The summed E-state index contributed by atoms with van der Waals surface area (Å²) in [6.07, 6.45) is 11.5. The zero-order valence-corrected chi connectivity index (χ0v) is 16.5. The Morgan fingerprint density at radius 1 is 1.38 bits per heavy atom. The molecule has 152 valence electrons. The van der Waals surface area contributed by atoms with Gasteiger partial charge in [-0.15, -0.1) is 10.2 Å². The number of carbonyl (C=O) groups excluding carboxylic acids is 1. The fourth-order valence-corrected chi connectivity index (χ4v) is 3.77. The third-order valence-electron chi connectivity index (χ3n) is 5.27. The molecular formula is C20H25N7O2. The van der Waals surface area contributed by atoms with Gasteiger partial charge in [0.15, 0.2) is 5.82 Å². The topological polar surface area (TPSA) is 112 Å². The average Bonchev–Trinajstić information content (AvgIpc) is 3.48. The lowest BCUT2D eigenvalue weighted by molar-refractivity contribution is -0.121. The Bertz CT molecular complexity index is 931. The van der Waals surface area contributed by atoms with Crippen molar-refractivity contribution in [2.45, 2.75) is 64.0 Å². The maximum atomic E-state index is 12.4. The molecule has 1 N–H and O–H groups in total. The minimum Gasteiger partial charge on any atom is -0.346 e. The quantitative estimate of drug-likeness (QED) is 0.624. The molecule has 0 radical (unpaired) electrons. The summed E-state index contributed by atoms with van der Waals surface area (Å²) in [7, 11) is 0. The number of carbonyl (C=O) groups is 1. The van der Waals surface area contributed by atoms with Crippen LogP contribution < -0.4 is 5.32 Å². The van der Waals surface area contributed by atoms with Crippen molar-refractivity contribution in [1.29, 1.82) is 0 Å². The Balaban J connectivity index is 1.25. The number of aryl methyl sites for hydroxylation is 1. The highest BCUT2D eigenvalue weighted by atomic mass is 16.5. The number of pyridine rings is 1. The number of aromatic nitrogens is 6. The van der Waals surface area contributed by atoms with Gasteiger partial charge in [-0.3, -0.25) is 9.78 Å². The number of nitrogens with zero attached hydrogens (tertiary/aromatic N) is 6. The van der Waals surface area contributed by atoms with Crippen molar-refractivity contribution in [1.82, 2.24) is 35.2 Å². The minimum atomic E-state index is -0.175. The second-order valence-corrected chi connectivity index (χ2v) is 7.43. The van der Waals surface area contributed by atoms with Gasteiger partial charge in [0.05, 0.1) is 6.04 Å². The van der Waals surface area contributed by atoms with E-state index in [0.717, 1.165) is 24.2 Å². The third-order valence-corrected chi connectivity index (χ3v) is 5.27. The summed E-state index contributed by atoms with van der Waals surface area (Å²) in [5, 5.41) is 15.3. The van der Waals surface area contributed by atoms with Crippen LogP contribution in [0.2, 0.25) is 0 Å². The molecule has 29 heavy (non-hydrogen) atoms. The second-order valence-electron chi connectivity index (χ2n) is 7.43. The molecule has 9 heteroatoms. The van der Waals surface area contributed by atoms with Crippen LogP contribution in [0.3, 0.4) is 0 Å². The molecule has 1 amide bonds. The van der Waals surface area contributed by atoms with E-state index in [9.17, 15) is 4.79 Å². The van der Waals surface area contributed by atoms with Crippen LogP contribution in [0.4, 0.5) is 0 Å². The van der Waals surface area contributed by atoms with Crippen molar-refractivity contribution >= 4 is 5.91 Å². The third kappa shape index (κ3) is 4.67. The first-order valence-corrected chi connectivity index (χ1v) is 10.1. The molecule has 3 heterocycles. The first kappa shape index (κ1) is 19.2. The summed E-state index contributed by atoms with van der Waals surface area (Å²) in [6.45, 7) is 1.95. The fraction of sp³-hybridized carbons (Fsp3) is 0.500. The van der Waals surface area contributed by atoms with Crippen LogP contribution in [0.1, 0.15) is 69.2 Å². The van der Waals surface area contributed by atoms with E-state index >= 15 is 0 Å². The summed E-state index contributed by atoms with van der Waals surface area (Å²) in [6, 6.07) is 3.97. The highest BCUT2D eigenvalue weighted by Gasteiger charge is 2.23. The van der Waals surface area contributed by atoms with E-state index < -0.39 is 0 Å². The van der Waals surface area contributed by atoms with Crippen molar-refractivity contribution < 1.29 is 9.32 Å². The molecule has 0 spiro atoms. The van der Waals surface area contributed by atoms with Crippen molar-refractivity contribution in [3.63, 3.8) is 0 Å². The molecule has 1 fully saturated rings. The molecule has 3 aromatic rings. The molecule has 9 nitrogen and oxygen atoms in total. The summed E-state index contributed by atoms with van der Waals surface area (Å²) in [4.78, 5) is 20.8. The van der Waals surface area contributed by atoms with E-state index in [1.807, 2.05) is 19.1 Å². The van der Waals surface area contributed by atoms with Gasteiger partial charge in [-0.1, -0.05) is 18.0 Å². The predicted molar refractivity (Wildman–Crippen MR) is 105 cm³/mol. The maximum Gasteiger partial charge on any atom is 0.226 e. The smallest absolute Gasteiger partial charge is 0.226 e. The van der Waals surface area contributed by atoms with Gasteiger partial charge < -0.3 is 14.4 Å². The Labute approximate surface area is 168 Å². The van der Waals surface area contributed by atoms with Crippen LogP contribution in [0.15, 0.2) is 35.4 Å². The van der Waals surface area contributed by atoms with Crippen LogP contribution in [0.5, 0.6) is 0 Å².